The first-order chi connectivity index (χ1) is 11.6. The lowest BCUT2D eigenvalue weighted by Gasteiger charge is -2.16. The van der Waals surface area contributed by atoms with Crippen LogP contribution in [0.2, 0.25) is 5.02 Å². The average molecular weight is 349 g/mol. The van der Waals surface area contributed by atoms with Crippen molar-refractivity contribution in [2.45, 2.75) is 19.4 Å². The van der Waals surface area contributed by atoms with Crippen molar-refractivity contribution in [1.29, 1.82) is 0 Å². The van der Waals surface area contributed by atoms with Crippen molar-refractivity contribution >= 4 is 23.7 Å². The second-order valence-corrected chi connectivity index (χ2v) is 5.36. The van der Waals surface area contributed by atoms with Crippen molar-refractivity contribution in [3.8, 4) is 5.75 Å². The molecule has 126 valence electrons. The normalized spacial score (nSPS) is 11.4. The summed E-state index contributed by atoms with van der Waals surface area (Å²) in [5.74, 6) is -0.190. The fraction of sp³-hybridized carbons (Fsp3) is 0.222. The molecule has 1 unspecified atom stereocenters. The van der Waals surface area contributed by atoms with Crippen LogP contribution in [0.25, 0.3) is 0 Å². The molecular weight excluding hydrogens is 332 g/mol. The Morgan fingerprint density at radius 1 is 1.08 bits per heavy atom. The summed E-state index contributed by atoms with van der Waals surface area (Å²) in [6.07, 6.45) is -1.08. The molecule has 0 bridgehead atoms. The SMILES string of the molecule is CCC(COc1cccc(Cl)c1)OC(=O)OC(=O)c1ccccc1. The third kappa shape index (κ3) is 5.59. The molecule has 24 heavy (non-hydrogen) atoms. The quantitative estimate of drug-likeness (QED) is 0.568. The highest BCUT2D eigenvalue weighted by Crippen LogP contribution is 2.18. The van der Waals surface area contributed by atoms with Gasteiger partial charge in [-0.3, -0.25) is 0 Å². The predicted octanol–water partition coefficient (Wildman–Crippen LogP) is 4.49. The van der Waals surface area contributed by atoms with Gasteiger partial charge in [-0.2, -0.15) is 0 Å². The van der Waals surface area contributed by atoms with Gasteiger partial charge in [-0.1, -0.05) is 42.8 Å². The molecule has 0 aliphatic heterocycles. The first-order valence-corrected chi connectivity index (χ1v) is 7.82. The fourth-order valence-electron chi connectivity index (χ4n) is 1.85. The molecule has 0 heterocycles. The summed E-state index contributed by atoms with van der Waals surface area (Å²) in [5.41, 5.74) is 0.276. The number of carbonyl (C=O) groups excluding carboxylic acids is 2. The number of rotatable bonds is 6. The van der Waals surface area contributed by atoms with E-state index in [1.807, 2.05) is 6.92 Å². The van der Waals surface area contributed by atoms with Crippen LogP contribution in [0.3, 0.4) is 0 Å². The summed E-state index contributed by atoms with van der Waals surface area (Å²) in [7, 11) is 0. The van der Waals surface area contributed by atoms with Gasteiger partial charge in [0.25, 0.3) is 0 Å². The van der Waals surface area contributed by atoms with Gasteiger partial charge in [0.2, 0.25) is 0 Å². The van der Waals surface area contributed by atoms with Crippen molar-refractivity contribution in [1.82, 2.24) is 0 Å². The Bertz CT molecular complexity index is 687. The number of ether oxygens (including phenoxy) is 3. The standard InChI is InChI=1S/C18H17ClO5/c1-2-15(12-22-16-10-6-9-14(19)11-16)23-18(21)24-17(20)13-7-4-3-5-8-13/h3-11,15H,2,12H2,1H3. The van der Waals surface area contributed by atoms with Gasteiger partial charge in [0.05, 0.1) is 5.56 Å². The van der Waals surface area contributed by atoms with Crippen LogP contribution in [0.5, 0.6) is 5.75 Å². The zero-order chi connectivity index (χ0) is 17.4. The van der Waals surface area contributed by atoms with Gasteiger partial charge in [0.15, 0.2) is 0 Å². The van der Waals surface area contributed by atoms with Crippen LogP contribution < -0.4 is 4.74 Å². The highest BCUT2D eigenvalue weighted by Gasteiger charge is 2.19. The van der Waals surface area contributed by atoms with Crippen LogP contribution in [0.15, 0.2) is 54.6 Å². The van der Waals surface area contributed by atoms with Gasteiger partial charge in [-0.25, -0.2) is 9.59 Å². The molecule has 0 saturated carbocycles. The van der Waals surface area contributed by atoms with Crippen LogP contribution in [0, 0.1) is 0 Å². The van der Waals surface area contributed by atoms with E-state index in [0.29, 0.717) is 17.2 Å². The number of esters is 1. The van der Waals surface area contributed by atoms with Crippen LogP contribution in [-0.4, -0.2) is 24.8 Å². The number of hydrogen-bond acceptors (Lipinski definition) is 5. The van der Waals surface area contributed by atoms with E-state index in [2.05, 4.69) is 4.74 Å². The maximum atomic E-state index is 11.8. The van der Waals surface area contributed by atoms with E-state index in [1.54, 1.807) is 54.6 Å². The molecule has 0 amide bonds. The highest BCUT2D eigenvalue weighted by molar-refractivity contribution is 6.30. The Morgan fingerprint density at radius 2 is 1.83 bits per heavy atom. The molecule has 0 radical (unpaired) electrons. The summed E-state index contributed by atoms with van der Waals surface area (Å²) in [4.78, 5) is 23.5. The zero-order valence-corrected chi connectivity index (χ0v) is 13.9. The molecule has 0 fully saturated rings. The summed E-state index contributed by atoms with van der Waals surface area (Å²) >= 11 is 5.87. The van der Waals surface area contributed by atoms with Gasteiger partial charge in [0.1, 0.15) is 18.5 Å². The molecule has 2 rings (SSSR count). The molecule has 6 heteroatoms. The third-order valence-corrected chi connectivity index (χ3v) is 3.37. The second-order valence-electron chi connectivity index (χ2n) is 4.92. The molecule has 2 aromatic rings. The van der Waals surface area contributed by atoms with Gasteiger partial charge >= 0.3 is 12.1 Å². The smallest absolute Gasteiger partial charge is 0.490 e. The van der Waals surface area contributed by atoms with Crippen molar-refractivity contribution < 1.29 is 23.8 Å². The van der Waals surface area contributed by atoms with Gasteiger partial charge in [-0.15, -0.1) is 0 Å². The van der Waals surface area contributed by atoms with E-state index in [0.717, 1.165) is 0 Å². The number of carbonyl (C=O) groups is 2. The molecule has 0 saturated heterocycles. The molecule has 0 N–H and O–H groups in total. The molecule has 5 nitrogen and oxygen atoms in total. The van der Waals surface area contributed by atoms with E-state index in [-0.39, 0.29) is 12.2 Å². The minimum absolute atomic E-state index is 0.130. The van der Waals surface area contributed by atoms with Gasteiger partial charge in [-0.05, 0) is 36.8 Å². The van der Waals surface area contributed by atoms with Crippen molar-refractivity contribution in [3.05, 3.63) is 65.2 Å². The van der Waals surface area contributed by atoms with Crippen LogP contribution >= 0.6 is 11.6 Å². The molecule has 0 spiro atoms. The first-order valence-electron chi connectivity index (χ1n) is 7.44. The second kappa shape index (κ2) is 8.93. The average Bonchev–Trinajstić information content (AvgIpc) is 2.59. The summed E-state index contributed by atoms with van der Waals surface area (Å²) in [6, 6.07) is 15.1. The largest absolute Gasteiger partial charge is 0.516 e. The molecule has 0 aliphatic carbocycles. The van der Waals surface area contributed by atoms with Crippen LogP contribution in [0.1, 0.15) is 23.7 Å². The summed E-state index contributed by atoms with van der Waals surface area (Å²) < 4.78 is 15.3. The maximum Gasteiger partial charge on any atom is 0.516 e. The Hall–Kier alpha value is -2.53. The highest BCUT2D eigenvalue weighted by atomic mass is 35.5. The lowest BCUT2D eigenvalue weighted by Crippen LogP contribution is -2.26. The van der Waals surface area contributed by atoms with E-state index in [9.17, 15) is 9.59 Å². The Kier molecular flexibility index (Phi) is 6.63. The van der Waals surface area contributed by atoms with Crippen LogP contribution in [-0.2, 0) is 9.47 Å². The topological polar surface area (TPSA) is 61.8 Å². The zero-order valence-electron chi connectivity index (χ0n) is 13.1. The number of halogens is 1. The van der Waals surface area contributed by atoms with Gasteiger partial charge < -0.3 is 14.2 Å². The Balaban J connectivity index is 1.83. The molecule has 1 atom stereocenters. The lowest BCUT2D eigenvalue weighted by atomic mass is 10.2. The monoisotopic (exact) mass is 348 g/mol. The predicted molar refractivity (Wildman–Crippen MR) is 89.4 cm³/mol. The van der Waals surface area contributed by atoms with Crippen LogP contribution in [0.4, 0.5) is 4.79 Å². The van der Waals surface area contributed by atoms with E-state index in [1.165, 1.54) is 0 Å². The van der Waals surface area contributed by atoms with E-state index >= 15 is 0 Å². The Labute approximate surface area is 145 Å². The maximum absolute atomic E-state index is 11.8. The number of benzene rings is 2. The number of hydrogen-bond donors (Lipinski definition) is 0. The minimum atomic E-state index is -1.05. The minimum Gasteiger partial charge on any atom is -0.490 e. The van der Waals surface area contributed by atoms with Crippen molar-refractivity contribution in [2.24, 2.45) is 0 Å². The molecule has 0 aromatic heterocycles. The Morgan fingerprint density at radius 3 is 2.50 bits per heavy atom. The lowest BCUT2D eigenvalue weighted by molar-refractivity contribution is 0.00860. The molecule has 2 aromatic carbocycles. The summed E-state index contributed by atoms with van der Waals surface area (Å²) in [6.45, 7) is 1.96. The third-order valence-electron chi connectivity index (χ3n) is 3.14. The van der Waals surface area contributed by atoms with E-state index in [4.69, 9.17) is 21.1 Å². The van der Waals surface area contributed by atoms with E-state index < -0.39 is 18.2 Å². The molecule has 0 aliphatic rings. The summed E-state index contributed by atoms with van der Waals surface area (Å²) in [5, 5.41) is 0.550. The van der Waals surface area contributed by atoms with Crippen molar-refractivity contribution in [2.75, 3.05) is 6.61 Å². The first kappa shape index (κ1) is 17.8. The molecular formula is C18H17ClO5. The fourth-order valence-corrected chi connectivity index (χ4v) is 2.03. The van der Waals surface area contributed by atoms with Crippen molar-refractivity contribution in [3.63, 3.8) is 0 Å². The van der Waals surface area contributed by atoms with Gasteiger partial charge in [0, 0.05) is 5.02 Å².